The van der Waals surface area contributed by atoms with E-state index in [2.05, 4.69) is 17.3 Å². The third-order valence-corrected chi connectivity index (χ3v) is 3.51. The molecule has 1 aliphatic rings. The first kappa shape index (κ1) is 13.2. The molecule has 1 unspecified atom stereocenters. The summed E-state index contributed by atoms with van der Waals surface area (Å²) in [7, 11) is 2.11. The molecule has 2 rings (SSSR count). The van der Waals surface area contributed by atoms with Crippen LogP contribution in [0.3, 0.4) is 0 Å². The Morgan fingerprint density at radius 3 is 2.94 bits per heavy atom. The summed E-state index contributed by atoms with van der Waals surface area (Å²) in [5.41, 5.74) is 1.02. The number of likely N-dealkylation sites (N-methyl/N-ethyl adjacent to an activating group) is 1. The van der Waals surface area contributed by atoms with Crippen LogP contribution in [0.25, 0.3) is 0 Å². The van der Waals surface area contributed by atoms with Gasteiger partial charge < -0.3 is 15.3 Å². The predicted octanol–water partition coefficient (Wildman–Crippen LogP) is 2.54. The molecule has 1 saturated heterocycles. The lowest BCUT2D eigenvalue weighted by Crippen LogP contribution is -2.39. The van der Waals surface area contributed by atoms with Crippen LogP contribution in [-0.2, 0) is 0 Å². The average Bonchev–Trinajstić information content (AvgIpc) is 2.28. The number of hydrogen-bond acceptors (Lipinski definition) is 3. The molecule has 1 aromatic rings. The Bertz CT molecular complexity index is 451. The second kappa shape index (κ2) is 5.59. The number of hydrogen-bond donors (Lipinski definition) is 2. The van der Waals surface area contributed by atoms with E-state index in [4.69, 9.17) is 16.7 Å². The fourth-order valence-corrected chi connectivity index (χ4v) is 2.56. The van der Waals surface area contributed by atoms with Crippen LogP contribution in [0, 0.1) is 0 Å². The minimum Gasteiger partial charge on any atom is -0.478 e. The van der Waals surface area contributed by atoms with Gasteiger partial charge in [0.15, 0.2) is 0 Å². The largest absolute Gasteiger partial charge is 0.478 e. The topological polar surface area (TPSA) is 52.6 Å². The summed E-state index contributed by atoms with van der Waals surface area (Å²) in [6.07, 6.45) is 2.30. The number of carboxylic acid groups (broad SMARTS) is 1. The third-order valence-electron chi connectivity index (χ3n) is 3.19. The maximum atomic E-state index is 10.9. The number of aromatic carboxylic acids is 1. The van der Waals surface area contributed by atoms with Crippen LogP contribution in [0.4, 0.5) is 5.69 Å². The maximum Gasteiger partial charge on any atom is 0.337 e. The van der Waals surface area contributed by atoms with E-state index in [1.165, 1.54) is 6.42 Å². The average molecular weight is 269 g/mol. The van der Waals surface area contributed by atoms with E-state index >= 15 is 0 Å². The zero-order valence-electron chi connectivity index (χ0n) is 10.3. The molecule has 18 heavy (non-hydrogen) atoms. The fourth-order valence-electron chi connectivity index (χ4n) is 2.30. The number of carboxylic acids is 1. The van der Waals surface area contributed by atoms with E-state index in [1.807, 2.05) is 0 Å². The Kier molecular flexibility index (Phi) is 4.09. The summed E-state index contributed by atoms with van der Waals surface area (Å²) in [5.74, 6) is -0.996. The predicted molar refractivity (Wildman–Crippen MR) is 72.6 cm³/mol. The summed E-state index contributed by atoms with van der Waals surface area (Å²) in [5, 5.41) is 12.6. The van der Waals surface area contributed by atoms with Crippen LogP contribution in [0.1, 0.15) is 23.2 Å². The van der Waals surface area contributed by atoms with Crippen molar-refractivity contribution in [2.24, 2.45) is 0 Å². The summed E-state index contributed by atoms with van der Waals surface area (Å²) >= 11 is 5.94. The van der Waals surface area contributed by atoms with Gasteiger partial charge >= 0.3 is 5.97 Å². The molecule has 0 spiro atoms. The van der Waals surface area contributed by atoms with E-state index < -0.39 is 5.97 Å². The Balaban J connectivity index is 2.05. The highest BCUT2D eigenvalue weighted by molar-refractivity contribution is 6.33. The molecule has 0 bridgehead atoms. The van der Waals surface area contributed by atoms with Crippen molar-refractivity contribution in [3.8, 4) is 0 Å². The lowest BCUT2D eigenvalue weighted by atomic mass is 10.1. The van der Waals surface area contributed by atoms with Crippen molar-refractivity contribution in [2.75, 3.05) is 25.5 Å². The minimum absolute atomic E-state index is 0.142. The number of nitrogens with one attached hydrogen (secondary N) is 1. The van der Waals surface area contributed by atoms with Gasteiger partial charge in [-0.25, -0.2) is 4.79 Å². The minimum atomic E-state index is -0.996. The highest BCUT2D eigenvalue weighted by atomic mass is 35.5. The molecular formula is C13H17ClN2O2. The molecule has 2 N–H and O–H groups in total. The van der Waals surface area contributed by atoms with Crippen molar-refractivity contribution in [1.82, 2.24) is 4.90 Å². The van der Waals surface area contributed by atoms with Crippen LogP contribution >= 0.6 is 11.6 Å². The monoisotopic (exact) mass is 268 g/mol. The number of piperidine rings is 1. The number of likely N-dealkylation sites (tertiary alicyclic amines) is 1. The van der Waals surface area contributed by atoms with Crippen LogP contribution in [-0.4, -0.2) is 42.2 Å². The number of rotatable bonds is 3. The van der Waals surface area contributed by atoms with Gasteiger partial charge in [0.25, 0.3) is 0 Å². The molecule has 4 nitrogen and oxygen atoms in total. The van der Waals surface area contributed by atoms with Gasteiger partial charge in [0.05, 0.1) is 10.6 Å². The fraction of sp³-hybridized carbons (Fsp3) is 0.462. The first-order chi connectivity index (χ1) is 8.56. The highest BCUT2D eigenvalue weighted by Crippen LogP contribution is 2.23. The molecule has 1 heterocycles. The molecule has 5 heteroatoms. The molecule has 1 aliphatic heterocycles. The van der Waals surface area contributed by atoms with E-state index in [0.29, 0.717) is 6.04 Å². The second-order valence-corrected chi connectivity index (χ2v) is 5.15. The van der Waals surface area contributed by atoms with Gasteiger partial charge in [-0.1, -0.05) is 11.6 Å². The number of carbonyl (C=O) groups is 1. The van der Waals surface area contributed by atoms with Crippen molar-refractivity contribution in [2.45, 2.75) is 18.9 Å². The van der Waals surface area contributed by atoms with E-state index in [9.17, 15) is 4.79 Å². The Labute approximate surface area is 112 Å². The zero-order valence-corrected chi connectivity index (χ0v) is 11.1. The second-order valence-electron chi connectivity index (χ2n) is 4.75. The van der Waals surface area contributed by atoms with Crippen molar-refractivity contribution in [1.29, 1.82) is 0 Å². The number of benzene rings is 1. The van der Waals surface area contributed by atoms with Gasteiger partial charge in [-0.05, 0) is 44.6 Å². The molecule has 1 fully saturated rings. The molecule has 0 amide bonds. The van der Waals surface area contributed by atoms with Crippen molar-refractivity contribution in [3.63, 3.8) is 0 Å². The lowest BCUT2D eigenvalue weighted by Gasteiger charge is -2.31. The van der Waals surface area contributed by atoms with Crippen LogP contribution in [0.2, 0.25) is 5.02 Å². The van der Waals surface area contributed by atoms with E-state index in [-0.39, 0.29) is 10.6 Å². The van der Waals surface area contributed by atoms with Gasteiger partial charge in [-0.3, -0.25) is 0 Å². The highest BCUT2D eigenvalue weighted by Gasteiger charge is 2.17. The van der Waals surface area contributed by atoms with Crippen molar-refractivity contribution in [3.05, 3.63) is 28.8 Å². The summed E-state index contributed by atoms with van der Waals surface area (Å²) in [6, 6.07) is 5.39. The van der Waals surface area contributed by atoms with E-state index in [0.717, 1.165) is 25.2 Å². The number of nitrogens with zero attached hydrogens (tertiary/aromatic N) is 1. The number of anilines is 1. The van der Waals surface area contributed by atoms with Gasteiger partial charge in [0.2, 0.25) is 0 Å². The molecule has 0 aliphatic carbocycles. The van der Waals surface area contributed by atoms with Gasteiger partial charge in [0.1, 0.15) is 0 Å². The molecule has 0 radical (unpaired) electrons. The van der Waals surface area contributed by atoms with Crippen molar-refractivity contribution >= 4 is 23.3 Å². The zero-order chi connectivity index (χ0) is 13.1. The molecule has 98 valence electrons. The molecule has 1 aromatic carbocycles. The van der Waals surface area contributed by atoms with Gasteiger partial charge in [-0.15, -0.1) is 0 Å². The maximum absolute atomic E-state index is 10.9. The Morgan fingerprint density at radius 1 is 1.56 bits per heavy atom. The van der Waals surface area contributed by atoms with Gasteiger partial charge in [0, 0.05) is 18.3 Å². The SMILES string of the molecule is CN1CCCC(Nc2ccc(C(=O)O)c(Cl)c2)C1. The molecule has 0 saturated carbocycles. The van der Waals surface area contributed by atoms with Crippen LogP contribution < -0.4 is 5.32 Å². The third kappa shape index (κ3) is 3.15. The standard InChI is InChI=1S/C13H17ClN2O2/c1-16-6-2-3-10(8-16)15-9-4-5-11(13(17)18)12(14)7-9/h4-5,7,10,15H,2-3,6,8H2,1H3,(H,17,18). The Morgan fingerprint density at radius 2 is 2.33 bits per heavy atom. The summed E-state index contributed by atoms with van der Waals surface area (Å²) in [4.78, 5) is 13.1. The van der Waals surface area contributed by atoms with Gasteiger partial charge in [-0.2, -0.15) is 0 Å². The normalized spacial score (nSPS) is 20.7. The van der Waals surface area contributed by atoms with Crippen molar-refractivity contribution < 1.29 is 9.90 Å². The Hall–Kier alpha value is -1.26. The summed E-state index contributed by atoms with van der Waals surface area (Å²) < 4.78 is 0. The van der Waals surface area contributed by atoms with E-state index in [1.54, 1.807) is 18.2 Å². The first-order valence-corrected chi connectivity index (χ1v) is 6.42. The molecule has 0 aromatic heterocycles. The molecular weight excluding hydrogens is 252 g/mol. The summed E-state index contributed by atoms with van der Waals surface area (Å²) in [6.45, 7) is 2.13. The molecule has 1 atom stereocenters. The quantitative estimate of drug-likeness (QED) is 0.885. The lowest BCUT2D eigenvalue weighted by molar-refractivity contribution is 0.0697. The van der Waals surface area contributed by atoms with Crippen LogP contribution in [0.5, 0.6) is 0 Å². The number of halogens is 1. The van der Waals surface area contributed by atoms with Crippen LogP contribution in [0.15, 0.2) is 18.2 Å². The first-order valence-electron chi connectivity index (χ1n) is 6.04. The smallest absolute Gasteiger partial charge is 0.337 e.